The Morgan fingerprint density at radius 3 is 2.56 bits per heavy atom. The fourth-order valence-corrected chi connectivity index (χ4v) is 4.62. The van der Waals surface area contributed by atoms with Gasteiger partial charge in [0, 0.05) is 16.3 Å². The van der Waals surface area contributed by atoms with Gasteiger partial charge in [0.05, 0.1) is 22.9 Å². The second kappa shape index (κ2) is 6.63. The molecule has 1 fully saturated rings. The highest BCUT2D eigenvalue weighted by Crippen LogP contribution is 2.35. The van der Waals surface area contributed by atoms with Crippen molar-refractivity contribution in [2.75, 3.05) is 0 Å². The molecule has 1 atom stereocenters. The number of pyridine rings is 1. The van der Waals surface area contributed by atoms with Crippen LogP contribution in [0.5, 0.6) is 5.88 Å². The number of benzene rings is 1. The first-order valence-electron chi connectivity index (χ1n) is 8.70. The average Bonchev–Trinajstić information content (AvgIpc) is 3.47. The van der Waals surface area contributed by atoms with Crippen molar-refractivity contribution in [1.82, 2.24) is 14.8 Å². The molecule has 1 aliphatic carbocycles. The molecule has 136 valence electrons. The maximum absolute atomic E-state index is 10.8. The van der Waals surface area contributed by atoms with Crippen LogP contribution in [-0.2, 0) is 10.7 Å². The largest absolute Gasteiger partial charge is 0.493 e. The Hall–Kier alpha value is -2.98. The predicted octanol–water partition coefficient (Wildman–Crippen LogP) is 4.03. The molecule has 0 radical (unpaired) electrons. The van der Waals surface area contributed by atoms with E-state index in [1.807, 2.05) is 19.9 Å². The van der Waals surface area contributed by atoms with Crippen molar-refractivity contribution in [1.29, 1.82) is 10.0 Å². The lowest BCUT2D eigenvalue weighted by Gasteiger charge is -2.10. The molecule has 0 saturated heterocycles. The summed E-state index contributed by atoms with van der Waals surface area (Å²) in [5.41, 5.74) is 3.67. The number of aryl methyl sites for hydroxylation is 2. The molecule has 0 aliphatic heterocycles. The minimum Gasteiger partial charge on any atom is -0.493 e. The predicted molar refractivity (Wildman–Crippen MR) is 104 cm³/mol. The van der Waals surface area contributed by atoms with E-state index in [4.69, 9.17) is 10.0 Å². The third-order valence-electron chi connectivity index (χ3n) is 4.70. The minimum atomic E-state index is -0.519. The summed E-state index contributed by atoms with van der Waals surface area (Å²) in [6, 6.07) is 11.0. The number of aromatic nitrogens is 3. The summed E-state index contributed by atoms with van der Waals surface area (Å²) in [5.74, 6) is 0.550. The van der Waals surface area contributed by atoms with Crippen LogP contribution in [0.4, 0.5) is 0 Å². The highest BCUT2D eigenvalue weighted by atomic mass is 32.2. The molecule has 4 rings (SSSR count). The van der Waals surface area contributed by atoms with Gasteiger partial charge in [0.1, 0.15) is 0 Å². The maximum Gasteiger partial charge on any atom is 0.223 e. The van der Waals surface area contributed by atoms with Crippen molar-refractivity contribution in [3.05, 3.63) is 53.3 Å². The molecule has 2 heterocycles. The molecule has 0 bridgehead atoms. The molecule has 27 heavy (non-hydrogen) atoms. The summed E-state index contributed by atoms with van der Waals surface area (Å²) < 4.78 is 9.79. The number of nitrogens with one attached hydrogen (secondary N) is 1. The van der Waals surface area contributed by atoms with Gasteiger partial charge < -0.3 is 5.11 Å². The molecule has 0 amide bonds. The third kappa shape index (κ3) is 3.13. The van der Waals surface area contributed by atoms with Crippen LogP contribution in [0.1, 0.15) is 29.7 Å². The van der Waals surface area contributed by atoms with Gasteiger partial charge in [-0.25, -0.2) is 4.98 Å². The van der Waals surface area contributed by atoms with Gasteiger partial charge in [-0.05, 0) is 56.0 Å². The zero-order chi connectivity index (χ0) is 19.1. The number of nitriles is 1. The topological polar surface area (TPSA) is 98.6 Å². The summed E-state index contributed by atoms with van der Waals surface area (Å²) >= 11 is 0. The van der Waals surface area contributed by atoms with Gasteiger partial charge in [-0.3, -0.25) is 4.78 Å². The Kier molecular flexibility index (Phi) is 4.28. The highest BCUT2D eigenvalue weighted by molar-refractivity contribution is 7.87. The number of rotatable bonds is 4. The lowest BCUT2D eigenvalue weighted by Crippen LogP contribution is -2.04. The molecule has 2 N–H and O–H groups in total. The lowest BCUT2D eigenvalue weighted by molar-refractivity contribution is 0.433. The number of hydrogen-bond acceptors (Lipinski definition) is 5. The molecule has 6 nitrogen and oxygen atoms in total. The molecule has 2 aromatic heterocycles. The number of hydrogen-bond donors (Lipinski definition) is 2. The monoisotopic (exact) mass is 377 g/mol. The Morgan fingerprint density at radius 2 is 1.96 bits per heavy atom. The molecule has 1 saturated carbocycles. The first-order valence-corrected chi connectivity index (χ1v) is 9.99. The molecule has 0 spiro atoms. The average molecular weight is 377 g/mol. The van der Waals surface area contributed by atoms with E-state index in [0.29, 0.717) is 27.9 Å². The first kappa shape index (κ1) is 17.4. The van der Waals surface area contributed by atoms with Gasteiger partial charge in [-0.2, -0.15) is 15.0 Å². The second-order valence-electron chi connectivity index (χ2n) is 6.73. The van der Waals surface area contributed by atoms with Gasteiger partial charge in [-0.1, -0.05) is 22.8 Å². The van der Waals surface area contributed by atoms with Gasteiger partial charge in [-0.15, -0.1) is 0 Å². The standard InChI is InChI=1S/C20H19N5OS/c1-12-9-18(23-11-17(12)27(22)16-7-8-16)25-20(26)19(13(2)24-25)15-5-3-14(10-21)4-6-15/h3-6,9,11,16,22,26H,7-8H2,1-2H3/t27-/m0/s1. The molecular weight excluding hydrogens is 358 g/mol. The second-order valence-corrected chi connectivity index (χ2v) is 8.51. The van der Waals surface area contributed by atoms with Crippen molar-refractivity contribution >= 4 is 10.7 Å². The van der Waals surface area contributed by atoms with Crippen molar-refractivity contribution in [3.63, 3.8) is 0 Å². The summed E-state index contributed by atoms with van der Waals surface area (Å²) in [4.78, 5) is 5.43. The zero-order valence-corrected chi connectivity index (χ0v) is 15.9. The Balaban J connectivity index is 1.73. The van der Waals surface area contributed by atoms with Crippen molar-refractivity contribution in [2.24, 2.45) is 0 Å². The normalized spacial score (nSPS) is 14.7. The molecular formula is C20H19N5OS. The minimum absolute atomic E-state index is 0.0175. The number of aromatic hydroxyl groups is 1. The van der Waals surface area contributed by atoms with E-state index in [1.165, 1.54) is 4.68 Å². The smallest absolute Gasteiger partial charge is 0.223 e. The molecule has 3 aromatic rings. The summed E-state index contributed by atoms with van der Waals surface area (Å²) in [7, 11) is -0.519. The van der Waals surface area contributed by atoms with Crippen molar-refractivity contribution < 1.29 is 5.11 Å². The summed E-state index contributed by atoms with van der Waals surface area (Å²) in [5, 5.41) is 24.6. The van der Waals surface area contributed by atoms with E-state index >= 15 is 0 Å². The van der Waals surface area contributed by atoms with Crippen LogP contribution in [-0.4, -0.2) is 25.1 Å². The van der Waals surface area contributed by atoms with Crippen LogP contribution in [0.3, 0.4) is 0 Å². The molecule has 0 unspecified atom stereocenters. The van der Waals surface area contributed by atoms with E-state index in [2.05, 4.69) is 16.2 Å². The van der Waals surface area contributed by atoms with Gasteiger partial charge in [0.15, 0.2) is 5.82 Å². The quantitative estimate of drug-likeness (QED) is 0.717. The Morgan fingerprint density at radius 1 is 1.26 bits per heavy atom. The van der Waals surface area contributed by atoms with Crippen LogP contribution < -0.4 is 0 Å². The Labute approximate surface area is 160 Å². The van der Waals surface area contributed by atoms with Crippen molar-refractivity contribution in [3.8, 4) is 28.9 Å². The number of nitrogens with zero attached hydrogens (tertiary/aromatic N) is 4. The molecule has 1 aromatic carbocycles. The lowest BCUT2D eigenvalue weighted by atomic mass is 10.0. The first-order chi connectivity index (χ1) is 13.0. The van der Waals surface area contributed by atoms with E-state index < -0.39 is 10.7 Å². The third-order valence-corrected chi connectivity index (χ3v) is 6.74. The summed E-state index contributed by atoms with van der Waals surface area (Å²) in [6.45, 7) is 3.81. The van der Waals surface area contributed by atoms with Crippen LogP contribution >= 0.6 is 0 Å². The molecule has 7 heteroatoms. The van der Waals surface area contributed by atoms with Crippen LogP contribution in [0, 0.1) is 30.0 Å². The SMILES string of the molecule is Cc1cc(-n2nc(C)c(-c3ccc(C#N)cc3)c2O)ncc1[S@@](=N)C1CC1. The maximum atomic E-state index is 10.8. The van der Waals surface area contributed by atoms with Crippen LogP contribution in [0.15, 0.2) is 41.4 Å². The van der Waals surface area contributed by atoms with E-state index in [-0.39, 0.29) is 5.88 Å². The summed E-state index contributed by atoms with van der Waals surface area (Å²) in [6.07, 6.45) is 4.00. The van der Waals surface area contributed by atoms with Crippen LogP contribution in [0.25, 0.3) is 16.9 Å². The van der Waals surface area contributed by atoms with E-state index in [1.54, 1.807) is 30.5 Å². The van der Waals surface area contributed by atoms with Gasteiger partial charge in [0.25, 0.3) is 0 Å². The fourth-order valence-electron chi connectivity index (χ4n) is 3.08. The van der Waals surface area contributed by atoms with E-state index in [9.17, 15) is 5.11 Å². The Bertz CT molecular complexity index is 1090. The van der Waals surface area contributed by atoms with Gasteiger partial charge in [0.2, 0.25) is 5.88 Å². The van der Waals surface area contributed by atoms with E-state index in [0.717, 1.165) is 28.9 Å². The van der Waals surface area contributed by atoms with Crippen molar-refractivity contribution in [2.45, 2.75) is 36.8 Å². The highest BCUT2D eigenvalue weighted by Gasteiger charge is 2.27. The zero-order valence-electron chi connectivity index (χ0n) is 15.1. The fraction of sp³-hybridized carbons (Fsp3) is 0.250. The van der Waals surface area contributed by atoms with Crippen LogP contribution in [0.2, 0.25) is 0 Å². The van der Waals surface area contributed by atoms with Gasteiger partial charge >= 0.3 is 0 Å². The molecule has 1 aliphatic rings.